The summed E-state index contributed by atoms with van der Waals surface area (Å²) in [5.41, 5.74) is 1.99. The lowest BCUT2D eigenvalue weighted by Crippen LogP contribution is -2.21. The van der Waals surface area contributed by atoms with Gasteiger partial charge in [0.1, 0.15) is 11.3 Å². The van der Waals surface area contributed by atoms with Crippen LogP contribution in [0.25, 0.3) is 27.8 Å². The van der Waals surface area contributed by atoms with Crippen molar-refractivity contribution < 1.29 is 17.9 Å². The lowest BCUT2D eigenvalue weighted by molar-refractivity contribution is -0.274. The van der Waals surface area contributed by atoms with E-state index in [1.165, 1.54) is 21.4 Å². The van der Waals surface area contributed by atoms with Crippen LogP contribution >= 0.6 is 0 Å². The molecule has 28 heavy (non-hydrogen) atoms. The van der Waals surface area contributed by atoms with Crippen molar-refractivity contribution in [1.29, 1.82) is 0 Å². The zero-order chi connectivity index (χ0) is 19.9. The van der Waals surface area contributed by atoms with E-state index >= 15 is 0 Å². The van der Waals surface area contributed by atoms with Gasteiger partial charge in [-0.1, -0.05) is 5.21 Å². The van der Waals surface area contributed by atoms with Gasteiger partial charge in [-0.05, 0) is 31.2 Å². The van der Waals surface area contributed by atoms with Crippen LogP contribution in [0.5, 0.6) is 5.75 Å². The molecule has 1 N–H and O–H groups in total. The summed E-state index contributed by atoms with van der Waals surface area (Å²) in [6.07, 6.45) is -0.00150. The van der Waals surface area contributed by atoms with Crippen molar-refractivity contribution in [1.82, 2.24) is 29.8 Å². The largest absolute Gasteiger partial charge is 0.573 e. The van der Waals surface area contributed by atoms with Crippen LogP contribution < -0.4 is 10.3 Å². The highest BCUT2D eigenvalue weighted by atomic mass is 19.4. The molecule has 3 aromatic heterocycles. The maximum atomic E-state index is 13.0. The van der Waals surface area contributed by atoms with Gasteiger partial charge < -0.3 is 4.74 Å². The van der Waals surface area contributed by atoms with Gasteiger partial charge in [0, 0.05) is 35.8 Å². The fraction of sp³-hybridized carbons (Fsp3) is 0.176. The molecule has 0 saturated heterocycles. The van der Waals surface area contributed by atoms with Gasteiger partial charge in [0.05, 0.1) is 6.20 Å². The first-order chi connectivity index (χ1) is 13.4. The Morgan fingerprint density at radius 2 is 1.96 bits per heavy atom. The number of H-pyrrole nitrogens is 1. The minimum absolute atomic E-state index is 0.289. The summed E-state index contributed by atoms with van der Waals surface area (Å²) < 4.78 is 43.8. The summed E-state index contributed by atoms with van der Waals surface area (Å²) >= 11 is 0. The number of ether oxygens (including phenoxy) is 1. The Bertz CT molecular complexity index is 1180. The standard InChI is InChI=1S/C17H13F3N6O2/c1-2-26-15-14(23-24-26)13(10-7-21-22-8-10)9-25(16(15)27)11-3-5-12(6-4-11)28-17(18,19)20/h3-9H,2H2,1H3,(H,21,22). The van der Waals surface area contributed by atoms with Gasteiger partial charge >= 0.3 is 6.36 Å². The van der Waals surface area contributed by atoms with Crippen LogP contribution in [0.2, 0.25) is 0 Å². The first-order valence-corrected chi connectivity index (χ1v) is 8.21. The molecule has 4 rings (SSSR count). The number of pyridine rings is 1. The summed E-state index contributed by atoms with van der Waals surface area (Å²) in [7, 11) is 0. The molecule has 0 atom stereocenters. The van der Waals surface area contributed by atoms with E-state index in [1.807, 2.05) is 6.92 Å². The van der Waals surface area contributed by atoms with E-state index in [2.05, 4.69) is 25.2 Å². The Morgan fingerprint density at radius 3 is 2.57 bits per heavy atom. The minimum Gasteiger partial charge on any atom is -0.406 e. The molecule has 0 unspecified atom stereocenters. The molecule has 0 radical (unpaired) electrons. The molecule has 144 valence electrons. The van der Waals surface area contributed by atoms with Crippen LogP contribution in [0.15, 0.2) is 47.7 Å². The fourth-order valence-electron chi connectivity index (χ4n) is 2.90. The Hall–Kier alpha value is -3.63. The molecule has 0 saturated carbocycles. The Balaban J connectivity index is 1.90. The van der Waals surface area contributed by atoms with Crippen molar-refractivity contribution in [2.75, 3.05) is 0 Å². The molecule has 0 aliphatic heterocycles. The van der Waals surface area contributed by atoms with Crippen molar-refractivity contribution in [2.24, 2.45) is 0 Å². The summed E-state index contributed by atoms with van der Waals surface area (Å²) in [4.78, 5) is 13.0. The lowest BCUT2D eigenvalue weighted by Gasteiger charge is -2.12. The van der Waals surface area contributed by atoms with Gasteiger partial charge in [-0.15, -0.1) is 18.3 Å². The molecule has 0 bridgehead atoms. The molecular formula is C17H13F3N6O2. The van der Waals surface area contributed by atoms with Crippen LogP contribution in [0.4, 0.5) is 13.2 Å². The molecule has 3 heterocycles. The third-order valence-electron chi connectivity index (χ3n) is 4.13. The van der Waals surface area contributed by atoms with E-state index in [9.17, 15) is 18.0 Å². The van der Waals surface area contributed by atoms with Gasteiger partial charge in [0.2, 0.25) is 0 Å². The average molecular weight is 390 g/mol. The first-order valence-electron chi connectivity index (χ1n) is 8.21. The van der Waals surface area contributed by atoms with Gasteiger partial charge in [-0.2, -0.15) is 5.10 Å². The normalized spacial score (nSPS) is 11.9. The van der Waals surface area contributed by atoms with Crippen LogP contribution in [0.1, 0.15) is 6.92 Å². The average Bonchev–Trinajstić information content (AvgIpc) is 3.31. The number of nitrogens with one attached hydrogen (secondary N) is 1. The molecule has 0 aliphatic rings. The van der Waals surface area contributed by atoms with E-state index < -0.39 is 11.9 Å². The van der Waals surface area contributed by atoms with E-state index in [4.69, 9.17) is 0 Å². The van der Waals surface area contributed by atoms with Crippen molar-refractivity contribution >= 4 is 11.0 Å². The van der Waals surface area contributed by atoms with Crippen molar-refractivity contribution in [3.8, 4) is 22.6 Å². The van der Waals surface area contributed by atoms with Gasteiger partial charge in [-0.3, -0.25) is 14.5 Å². The van der Waals surface area contributed by atoms with E-state index in [1.54, 1.807) is 18.6 Å². The van der Waals surface area contributed by atoms with Gasteiger partial charge in [0.15, 0.2) is 5.52 Å². The summed E-state index contributed by atoms with van der Waals surface area (Å²) in [5, 5.41) is 14.7. The molecule has 11 heteroatoms. The fourth-order valence-corrected chi connectivity index (χ4v) is 2.90. The molecule has 8 nitrogen and oxygen atoms in total. The number of alkyl halides is 3. The predicted molar refractivity (Wildman–Crippen MR) is 93.1 cm³/mol. The SMILES string of the molecule is CCn1nnc2c(-c3cn[nH]c3)cn(-c3ccc(OC(F)(F)F)cc3)c(=O)c21. The highest BCUT2D eigenvalue weighted by Crippen LogP contribution is 2.27. The third kappa shape index (κ3) is 3.10. The summed E-state index contributed by atoms with van der Waals surface area (Å²) in [6, 6.07) is 5.03. The number of halogens is 3. The second kappa shape index (κ2) is 6.51. The number of aromatic amines is 1. The molecule has 1 aromatic carbocycles. The zero-order valence-corrected chi connectivity index (χ0v) is 14.4. The summed E-state index contributed by atoms with van der Waals surface area (Å²) in [5.74, 6) is -0.374. The zero-order valence-electron chi connectivity index (χ0n) is 14.4. The number of fused-ring (bicyclic) bond motifs is 1. The lowest BCUT2D eigenvalue weighted by atomic mass is 10.1. The highest BCUT2D eigenvalue weighted by Gasteiger charge is 2.31. The smallest absolute Gasteiger partial charge is 0.406 e. The maximum Gasteiger partial charge on any atom is 0.573 e. The van der Waals surface area contributed by atoms with Crippen LogP contribution in [0, 0.1) is 0 Å². The molecule has 0 amide bonds. The second-order valence-electron chi connectivity index (χ2n) is 5.85. The Kier molecular flexibility index (Phi) is 4.13. The van der Waals surface area contributed by atoms with E-state index in [-0.39, 0.29) is 11.3 Å². The van der Waals surface area contributed by atoms with Crippen molar-refractivity contribution in [2.45, 2.75) is 19.8 Å². The monoisotopic (exact) mass is 390 g/mol. The van der Waals surface area contributed by atoms with Gasteiger partial charge in [-0.25, -0.2) is 4.68 Å². The Morgan fingerprint density at radius 1 is 1.21 bits per heavy atom. The molecular weight excluding hydrogens is 377 g/mol. The summed E-state index contributed by atoms with van der Waals surface area (Å²) in [6.45, 7) is 2.25. The van der Waals surface area contributed by atoms with E-state index in [0.717, 1.165) is 12.1 Å². The van der Waals surface area contributed by atoms with Crippen molar-refractivity contribution in [3.05, 3.63) is 53.2 Å². The number of aryl methyl sites for hydroxylation is 1. The third-order valence-corrected chi connectivity index (χ3v) is 4.13. The number of nitrogens with zero attached hydrogens (tertiary/aromatic N) is 5. The minimum atomic E-state index is -4.79. The number of hydrogen-bond acceptors (Lipinski definition) is 5. The van der Waals surface area contributed by atoms with Crippen molar-refractivity contribution in [3.63, 3.8) is 0 Å². The maximum absolute atomic E-state index is 13.0. The van der Waals surface area contributed by atoms with Gasteiger partial charge in [0.25, 0.3) is 5.56 Å². The Labute approximate surface area is 155 Å². The molecule has 0 aliphatic carbocycles. The molecule has 0 spiro atoms. The van der Waals surface area contributed by atoms with Crippen LogP contribution in [-0.4, -0.2) is 36.1 Å². The topological polar surface area (TPSA) is 90.6 Å². The highest BCUT2D eigenvalue weighted by molar-refractivity contribution is 5.90. The van der Waals surface area contributed by atoms with Crippen LogP contribution in [-0.2, 0) is 6.54 Å². The second-order valence-corrected chi connectivity index (χ2v) is 5.85. The first kappa shape index (κ1) is 17.8. The number of benzene rings is 1. The number of rotatable bonds is 4. The predicted octanol–water partition coefficient (Wildman–Crippen LogP) is 2.89. The van der Waals surface area contributed by atoms with Crippen LogP contribution in [0.3, 0.4) is 0 Å². The number of aromatic nitrogens is 6. The molecule has 0 fully saturated rings. The quantitative estimate of drug-likeness (QED) is 0.579. The molecule has 4 aromatic rings. The van der Waals surface area contributed by atoms with E-state index in [0.29, 0.717) is 28.9 Å². The number of hydrogen-bond donors (Lipinski definition) is 1.